The molecule has 2 aliphatic heterocycles. The Labute approximate surface area is 157 Å². The number of hydrogen-bond donors (Lipinski definition) is 2. The lowest BCUT2D eigenvalue weighted by Gasteiger charge is -2.26. The Morgan fingerprint density at radius 1 is 1.52 bits per heavy atom. The molecule has 7 nitrogen and oxygen atoms in total. The van der Waals surface area contributed by atoms with Gasteiger partial charge in [-0.1, -0.05) is 20.3 Å². The fourth-order valence-corrected chi connectivity index (χ4v) is 3.67. The van der Waals surface area contributed by atoms with E-state index in [4.69, 9.17) is 9.88 Å². The maximum Gasteiger partial charge on any atom is 0.337 e. The van der Waals surface area contributed by atoms with Crippen molar-refractivity contribution >= 4 is 35.3 Å². The van der Waals surface area contributed by atoms with Gasteiger partial charge in [-0.15, -0.1) is 11.3 Å². The summed E-state index contributed by atoms with van der Waals surface area (Å²) >= 11 is 2.63. The third-order valence-corrected chi connectivity index (χ3v) is 4.78. The van der Waals surface area contributed by atoms with Crippen molar-refractivity contribution in [2.75, 3.05) is 19.7 Å². The van der Waals surface area contributed by atoms with Crippen LogP contribution in [-0.2, 0) is 9.53 Å². The minimum atomic E-state index is -0.287. The zero-order valence-electron chi connectivity index (χ0n) is 14.8. The van der Waals surface area contributed by atoms with Crippen LogP contribution in [0, 0.1) is 0 Å². The van der Waals surface area contributed by atoms with E-state index in [1.165, 1.54) is 6.42 Å². The number of esters is 1. The molecular weight excluding hydrogens is 358 g/mol. The van der Waals surface area contributed by atoms with Crippen LogP contribution in [0.5, 0.6) is 0 Å². The minimum absolute atomic E-state index is 0.165. The first-order chi connectivity index (χ1) is 12.2. The van der Waals surface area contributed by atoms with Gasteiger partial charge < -0.3 is 9.64 Å². The zero-order valence-corrected chi connectivity index (χ0v) is 16.5. The zero-order chi connectivity index (χ0) is 18.2. The summed E-state index contributed by atoms with van der Waals surface area (Å²) < 4.78 is 8.31. The molecule has 1 aromatic heterocycles. The van der Waals surface area contributed by atoms with Crippen LogP contribution in [0.3, 0.4) is 0 Å². The van der Waals surface area contributed by atoms with E-state index in [1.54, 1.807) is 24.5 Å². The lowest BCUT2D eigenvalue weighted by molar-refractivity contribution is -0.138. The first-order valence-corrected chi connectivity index (χ1v) is 10.1. The highest BCUT2D eigenvalue weighted by Crippen LogP contribution is 2.31. The molecule has 0 spiro atoms. The summed E-state index contributed by atoms with van der Waals surface area (Å²) in [6.45, 7) is 7.46. The lowest BCUT2D eigenvalue weighted by atomic mass is 10.1. The van der Waals surface area contributed by atoms with Gasteiger partial charge in [-0.25, -0.2) is 14.5 Å². The van der Waals surface area contributed by atoms with Crippen molar-refractivity contribution in [2.45, 2.75) is 39.7 Å². The topological polar surface area (TPSA) is 92.8 Å². The van der Waals surface area contributed by atoms with Crippen LogP contribution in [0.15, 0.2) is 27.8 Å². The Morgan fingerprint density at radius 2 is 2.28 bits per heavy atom. The molecule has 1 saturated heterocycles. The first-order valence-electron chi connectivity index (χ1n) is 8.38. The SMILES string of the molecule is CCC.CCOC(=O)C1=C2CC(NSN)CN2C(c2nccs2)=NC1. The van der Waals surface area contributed by atoms with Gasteiger partial charge in [0.05, 0.1) is 18.7 Å². The van der Waals surface area contributed by atoms with E-state index in [0.29, 0.717) is 25.3 Å². The summed E-state index contributed by atoms with van der Waals surface area (Å²) in [5, 5.41) is 8.29. The van der Waals surface area contributed by atoms with Crippen molar-refractivity contribution in [3.63, 3.8) is 0 Å². The third kappa shape index (κ3) is 4.81. The molecular formula is C16H25N5O2S2. The molecule has 138 valence electrons. The second-order valence-electron chi connectivity index (χ2n) is 5.58. The molecule has 1 atom stereocenters. The fourth-order valence-electron chi connectivity index (χ4n) is 2.66. The van der Waals surface area contributed by atoms with Gasteiger partial charge in [0, 0.05) is 48.4 Å². The Bertz CT molecular complexity index is 630. The number of carbonyl (C=O) groups is 1. The van der Waals surface area contributed by atoms with Gasteiger partial charge in [-0.3, -0.25) is 10.1 Å². The normalized spacial score (nSPS) is 19.1. The van der Waals surface area contributed by atoms with Crippen molar-refractivity contribution in [3.05, 3.63) is 27.9 Å². The van der Waals surface area contributed by atoms with Crippen LogP contribution >= 0.6 is 23.5 Å². The fraction of sp³-hybridized carbons (Fsp3) is 0.562. The number of amidine groups is 1. The van der Waals surface area contributed by atoms with Gasteiger partial charge in [0.1, 0.15) is 0 Å². The largest absolute Gasteiger partial charge is 0.463 e. The van der Waals surface area contributed by atoms with E-state index in [-0.39, 0.29) is 12.0 Å². The smallest absolute Gasteiger partial charge is 0.337 e. The van der Waals surface area contributed by atoms with E-state index in [0.717, 1.165) is 35.1 Å². The monoisotopic (exact) mass is 383 g/mol. The number of nitrogens with two attached hydrogens (primary N) is 1. The van der Waals surface area contributed by atoms with Gasteiger partial charge in [-0.05, 0) is 6.92 Å². The highest BCUT2D eigenvalue weighted by Gasteiger charge is 2.37. The van der Waals surface area contributed by atoms with Crippen molar-refractivity contribution in [1.29, 1.82) is 0 Å². The molecule has 9 heteroatoms. The summed E-state index contributed by atoms with van der Waals surface area (Å²) in [6, 6.07) is 0.165. The van der Waals surface area contributed by atoms with Crippen molar-refractivity contribution in [1.82, 2.24) is 14.6 Å². The molecule has 0 radical (unpaired) electrons. The number of aliphatic imine (C=N–C) groups is 1. The molecule has 1 unspecified atom stereocenters. The average Bonchev–Trinajstić information content (AvgIpc) is 3.24. The van der Waals surface area contributed by atoms with Crippen LogP contribution in [0.25, 0.3) is 0 Å². The quantitative estimate of drug-likeness (QED) is 0.595. The highest BCUT2D eigenvalue weighted by molar-refractivity contribution is 7.95. The molecule has 1 aromatic rings. The van der Waals surface area contributed by atoms with Crippen LogP contribution in [0.1, 0.15) is 38.6 Å². The number of fused-ring (bicyclic) bond motifs is 1. The lowest BCUT2D eigenvalue weighted by Crippen LogP contribution is -2.36. The van der Waals surface area contributed by atoms with Crippen LogP contribution in [0.2, 0.25) is 0 Å². The van der Waals surface area contributed by atoms with Gasteiger partial charge >= 0.3 is 5.97 Å². The second-order valence-corrected chi connectivity index (χ2v) is 6.94. The van der Waals surface area contributed by atoms with Crippen molar-refractivity contribution in [3.8, 4) is 0 Å². The standard InChI is InChI=1S/C13H17N5O2S2.C3H8/c1-2-20-13(19)9-6-16-11(12-15-3-4-21-12)18-7-8(17-22-14)5-10(9)18;1-3-2/h3-4,8,17H,2,5-7,14H2,1H3;3H2,1-2H3. The first kappa shape index (κ1) is 19.9. The van der Waals surface area contributed by atoms with Crippen LogP contribution in [0.4, 0.5) is 0 Å². The molecule has 1 fully saturated rings. The number of carbonyl (C=O) groups excluding carboxylic acids is 1. The predicted octanol–water partition coefficient (Wildman–Crippen LogP) is 2.32. The molecule has 3 heterocycles. The van der Waals surface area contributed by atoms with E-state index < -0.39 is 0 Å². The van der Waals surface area contributed by atoms with Gasteiger partial charge in [-0.2, -0.15) is 0 Å². The van der Waals surface area contributed by atoms with Gasteiger partial charge in [0.15, 0.2) is 10.8 Å². The number of thiazole rings is 1. The number of ether oxygens (including phenoxy) is 1. The van der Waals surface area contributed by atoms with Crippen LogP contribution in [-0.4, -0.2) is 47.4 Å². The summed E-state index contributed by atoms with van der Waals surface area (Å²) in [4.78, 5) is 23.1. The number of nitrogens with zero attached hydrogens (tertiary/aromatic N) is 3. The number of rotatable bonds is 5. The molecule has 0 bridgehead atoms. The third-order valence-electron chi connectivity index (χ3n) is 3.54. The van der Waals surface area contributed by atoms with Crippen LogP contribution < -0.4 is 9.86 Å². The van der Waals surface area contributed by atoms with E-state index in [1.807, 2.05) is 5.38 Å². The summed E-state index contributed by atoms with van der Waals surface area (Å²) in [5.41, 5.74) is 1.60. The maximum absolute atomic E-state index is 12.2. The van der Waals surface area contributed by atoms with Crippen molar-refractivity contribution in [2.24, 2.45) is 10.1 Å². The molecule has 3 N–H and O–H groups in total. The van der Waals surface area contributed by atoms with Gasteiger partial charge in [0.2, 0.25) is 0 Å². The Hall–Kier alpha value is -1.42. The second kappa shape index (κ2) is 9.91. The Balaban J connectivity index is 0.000000701. The maximum atomic E-state index is 12.2. The summed E-state index contributed by atoms with van der Waals surface area (Å²) in [7, 11) is 0. The molecule has 0 amide bonds. The molecule has 2 aliphatic rings. The molecule has 0 saturated carbocycles. The number of aromatic nitrogens is 1. The molecule has 0 aliphatic carbocycles. The van der Waals surface area contributed by atoms with Gasteiger partial charge in [0.25, 0.3) is 0 Å². The number of hydrogen-bond acceptors (Lipinski definition) is 9. The average molecular weight is 384 g/mol. The minimum Gasteiger partial charge on any atom is -0.463 e. The molecule has 3 rings (SSSR count). The number of nitrogens with one attached hydrogen (secondary N) is 1. The molecule has 25 heavy (non-hydrogen) atoms. The predicted molar refractivity (Wildman–Crippen MR) is 103 cm³/mol. The molecule has 0 aromatic carbocycles. The summed E-state index contributed by atoms with van der Waals surface area (Å²) in [6.07, 6.45) is 3.73. The highest BCUT2D eigenvalue weighted by atomic mass is 32.2. The van der Waals surface area contributed by atoms with E-state index in [9.17, 15) is 4.79 Å². The Kier molecular flexibility index (Phi) is 7.89. The van der Waals surface area contributed by atoms with Crippen molar-refractivity contribution < 1.29 is 9.53 Å². The van der Waals surface area contributed by atoms with E-state index in [2.05, 4.69) is 33.4 Å². The Morgan fingerprint density at radius 3 is 2.88 bits per heavy atom. The summed E-state index contributed by atoms with van der Waals surface area (Å²) in [5.74, 6) is 0.537. The van der Waals surface area contributed by atoms with E-state index >= 15 is 0 Å².